The highest BCUT2D eigenvalue weighted by Crippen LogP contribution is 2.45. The summed E-state index contributed by atoms with van der Waals surface area (Å²) in [6.45, 7) is 0. The molecule has 0 aliphatic rings. The number of fused-ring (bicyclic) bond motifs is 21. The third kappa shape index (κ3) is 6.36. The van der Waals surface area contributed by atoms with Crippen molar-refractivity contribution in [3.8, 4) is 51.0 Å². The molecule has 0 radical (unpaired) electrons. The van der Waals surface area contributed by atoms with Crippen molar-refractivity contribution >= 4 is 131 Å². The fraction of sp³-hybridized carbons (Fsp3) is 0. The molecule has 0 aliphatic carbocycles. The van der Waals surface area contributed by atoms with Crippen LogP contribution >= 0.6 is 0 Å². The number of para-hydroxylation sites is 6. The van der Waals surface area contributed by atoms with E-state index in [1.165, 1.54) is 26.9 Å². The first kappa shape index (κ1) is 45.3. The van der Waals surface area contributed by atoms with Gasteiger partial charge in [-0.15, -0.1) is 0 Å². The average Bonchev–Trinajstić information content (AvgIpc) is 3.59. The fourth-order valence-electron chi connectivity index (χ4n) is 13.8. The van der Waals surface area contributed by atoms with Gasteiger partial charge >= 0.3 is 0 Å². The van der Waals surface area contributed by atoms with Crippen molar-refractivity contribution in [3.05, 3.63) is 261 Å². The molecule has 0 N–H and O–H groups in total. The molecule has 7 aromatic heterocycles. The highest BCUT2D eigenvalue weighted by Gasteiger charge is 2.24. The van der Waals surface area contributed by atoms with Crippen molar-refractivity contribution < 1.29 is 13.3 Å². The number of nitrogens with zero attached hydrogens (tertiary/aromatic N) is 5. The maximum absolute atomic E-state index is 6.51. The molecule has 0 fully saturated rings. The summed E-state index contributed by atoms with van der Waals surface area (Å²) < 4.78 is 26.7. The zero-order valence-electron chi connectivity index (χ0n) is 44.8. The highest BCUT2D eigenvalue weighted by atomic mass is 16.3. The highest BCUT2D eigenvalue weighted by molar-refractivity contribution is 6.27. The van der Waals surface area contributed by atoms with E-state index in [4.69, 9.17) is 23.2 Å². The average molecular weight is 1070 g/mol. The number of benzene rings is 12. The Hall–Kier alpha value is -11.5. The summed E-state index contributed by atoms with van der Waals surface area (Å²) in [6, 6.07) is 92.3. The minimum absolute atomic E-state index is 0.610. The predicted octanol–water partition coefficient (Wildman–Crippen LogP) is 20.5. The van der Waals surface area contributed by atoms with E-state index in [0.29, 0.717) is 5.82 Å². The summed E-state index contributed by atoms with van der Waals surface area (Å²) in [4.78, 5) is 11.1. The van der Waals surface area contributed by atoms with Crippen LogP contribution in [0.1, 0.15) is 0 Å². The minimum atomic E-state index is 0.610. The standard InChI is InChI=1S/C76H43N5O3/c1-7-25-61-50(19-1)53-35-38-67-70(56-22-4-10-28-64(56)82-67)73(53)79(61)47-33-31-44(32-34-47)59-43-60(45-15-13-17-48(41-45)80-62-26-8-2-20-51(62)54-36-39-68-71(74(54)80)57-23-5-11-29-65(57)83-68)78-76(77-59)46-16-14-18-49(42-46)81-63-27-9-3-21-52(63)55-37-40-69-72(75(55)81)58-24-6-12-30-66(58)84-69/h1-43H. The van der Waals surface area contributed by atoms with E-state index >= 15 is 0 Å². The second-order valence-electron chi connectivity index (χ2n) is 22.0. The Bertz CT molecular complexity index is 5750. The van der Waals surface area contributed by atoms with Crippen molar-refractivity contribution in [2.45, 2.75) is 0 Å². The number of rotatable bonds is 6. The molecule has 8 nitrogen and oxygen atoms in total. The minimum Gasteiger partial charge on any atom is -0.456 e. The lowest BCUT2D eigenvalue weighted by atomic mass is 10.0. The van der Waals surface area contributed by atoms with Crippen LogP contribution in [-0.2, 0) is 0 Å². The van der Waals surface area contributed by atoms with Crippen LogP contribution in [0.4, 0.5) is 0 Å². The Balaban J connectivity index is 0.823. The van der Waals surface area contributed by atoms with Crippen LogP contribution < -0.4 is 0 Å². The summed E-state index contributed by atoms with van der Waals surface area (Å²) in [7, 11) is 0. The number of furan rings is 3. The Morgan fingerprint density at radius 2 is 0.607 bits per heavy atom. The number of aromatic nitrogens is 5. The third-order valence-corrected chi connectivity index (χ3v) is 17.4. The monoisotopic (exact) mass is 1070 g/mol. The molecule has 0 bridgehead atoms. The molecule has 0 aliphatic heterocycles. The van der Waals surface area contributed by atoms with Crippen LogP contribution in [0.2, 0.25) is 0 Å². The van der Waals surface area contributed by atoms with Crippen LogP contribution in [0, 0.1) is 0 Å². The molecular formula is C76H43N5O3. The molecule has 0 spiro atoms. The van der Waals surface area contributed by atoms with Crippen LogP contribution in [0.15, 0.2) is 274 Å². The lowest BCUT2D eigenvalue weighted by molar-refractivity contribution is 0.669. The summed E-state index contributed by atoms with van der Waals surface area (Å²) in [6.07, 6.45) is 0. The molecule has 0 unspecified atom stereocenters. The van der Waals surface area contributed by atoms with Gasteiger partial charge in [-0.25, -0.2) is 9.97 Å². The predicted molar refractivity (Wildman–Crippen MR) is 343 cm³/mol. The van der Waals surface area contributed by atoms with E-state index in [-0.39, 0.29) is 0 Å². The van der Waals surface area contributed by atoms with Crippen molar-refractivity contribution in [1.29, 1.82) is 0 Å². The Morgan fingerprint density at radius 1 is 0.238 bits per heavy atom. The molecule has 84 heavy (non-hydrogen) atoms. The van der Waals surface area contributed by atoms with E-state index < -0.39 is 0 Å². The van der Waals surface area contributed by atoms with Crippen LogP contribution in [-0.4, -0.2) is 23.7 Å². The summed E-state index contributed by atoms with van der Waals surface area (Å²) in [5, 5.41) is 13.6. The first-order valence-electron chi connectivity index (χ1n) is 28.4. The van der Waals surface area contributed by atoms with Gasteiger partial charge in [0.05, 0.1) is 60.6 Å². The summed E-state index contributed by atoms with van der Waals surface area (Å²) >= 11 is 0. The van der Waals surface area contributed by atoms with Crippen molar-refractivity contribution in [2.24, 2.45) is 0 Å². The van der Waals surface area contributed by atoms with Gasteiger partial charge in [-0.2, -0.15) is 0 Å². The summed E-state index contributed by atoms with van der Waals surface area (Å²) in [5.74, 6) is 0.610. The quantitative estimate of drug-likeness (QED) is 0.166. The van der Waals surface area contributed by atoms with Gasteiger partial charge in [0.15, 0.2) is 5.82 Å². The molecule has 0 saturated heterocycles. The van der Waals surface area contributed by atoms with Crippen LogP contribution in [0.5, 0.6) is 0 Å². The number of hydrogen-bond donors (Lipinski definition) is 0. The molecular weight excluding hydrogens is 1030 g/mol. The molecule has 0 amide bonds. The van der Waals surface area contributed by atoms with Crippen molar-refractivity contribution in [3.63, 3.8) is 0 Å². The maximum Gasteiger partial charge on any atom is 0.160 e. The summed E-state index contributed by atoms with van der Waals surface area (Å²) in [5.41, 5.74) is 19.3. The van der Waals surface area contributed by atoms with Gasteiger partial charge < -0.3 is 27.0 Å². The third-order valence-electron chi connectivity index (χ3n) is 17.4. The topological polar surface area (TPSA) is 80.0 Å². The maximum atomic E-state index is 6.51. The zero-order valence-corrected chi connectivity index (χ0v) is 44.8. The van der Waals surface area contributed by atoms with Crippen molar-refractivity contribution in [2.75, 3.05) is 0 Å². The van der Waals surface area contributed by atoms with Crippen molar-refractivity contribution in [1.82, 2.24) is 23.7 Å². The molecule has 0 atom stereocenters. The molecule has 12 aromatic carbocycles. The van der Waals surface area contributed by atoms with E-state index in [2.05, 4.69) is 250 Å². The Labute approximate surface area is 477 Å². The lowest BCUT2D eigenvalue weighted by Crippen LogP contribution is -1.99. The van der Waals surface area contributed by atoms with E-state index in [9.17, 15) is 0 Å². The zero-order chi connectivity index (χ0) is 54.7. The first-order valence-corrected chi connectivity index (χ1v) is 28.4. The normalized spacial score (nSPS) is 12.3. The fourth-order valence-corrected chi connectivity index (χ4v) is 13.8. The van der Waals surface area contributed by atoms with Gasteiger partial charge in [0.2, 0.25) is 0 Å². The largest absolute Gasteiger partial charge is 0.456 e. The molecule has 390 valence electrons. The van der Waals surface area contributed by atoms with Gasteiger partial charge in [0, 0.05) is 82.2 Å². The van der Waals surface area contributed by atoms with Gasteiger partial charge in [0.25, 0.3) is 0 Å². The van der Waals surface area contributed by atoms with Gasteiger partial charge in [-0.3, -0.25) is 0 Å². The first-order chi connectivity index (χ1) is 41.6. The van der Waals surface area contributed by atoms with E-state index in [1.54, 1.807) is 0 Å². The Kier molecular flexibility index (Phi) is 9.18. The van der Waals surface area contributed by atoms with E-state index in [0.717, 1.165) is 149 Å². The molecule has 19 aromatic rings. The molecule has 19 rings (SSSR count). The van der Waals surface area contributed by atoms with Crippen LogP contribution in [0.25, 0.3) is 182 Å². The SMILES string of the molecule is c1cc(-c2cc(-c3ccc(-n4c5ccccc5c5ccc6oc7ccccc7c6c54)cc3)nc(-c3cccc(-n4c5ccccc5c5ccc6oc7ccccc7c6c54)c3)n2)cc(-n2c3ccccc3c3ccc4oc5ccccc5c4c32)c1. The van der Waals surface area contributed by atoms with Gasteiger partial charge in [-0.05, 0) is 115 Å². The Morgan fingerprint density at radius 3 is 1.06 bits per heavy atom. The number of hydrogen-bond acceptors (Lipinski definition) is 5. The van der Waals surface area contributed by atoms with Crippen LogP contribution in [0.3, 0.4) is 0 Å². The lowest BCUT2D eigenvalue weighted by Gasteiger charge is -2.14. The van der Waals surface area contributed by atoms with Gasteiger partial charge in [-0.1, -0.05) is 146 Å². The second-order valence-corrected chi connectivity index (χ2v) is 22.0. The van der Waals surface area contributed by atoms with Gasteiger partial charge in [0.1, 0.15) is 33.5 Å². The second kappa shape index (κ2) is 17.0. The van der Waals surface area contributed by atoms with E-state index in [1.807, 2.05) is 24.3 Å². The molecule has 7 heterocycles. The molecule has 0 saturated carbocycles. The molecule has 8 heteroatoms. The smallest absolute Gasteiger partial charge is 0.160 e.